The van der Waals surface area contributed by atoms with E-state index in [-0.39, 0.29) is 0 Å². The number of hydrogen-bond acceptors (Lipinski definition) is 2. The molecule has 20 heavy (non-hydrogen) atoms. The van der Waals surface area contributed by atoms with Gasteiger partial charge in [-0.15, -0.1) is 0 Å². The van der Waals surface area contributed by atoms with Crippen LogP contribution in [-0.2, 0) is 6.54 Å². The number of benzene rings is 1. The van der Waals surface area contributed by atoms with Gasteiger partial charge in [0, 0.05) is 29.8 Å². The lowest BCUT2D eigenvalue weighted by molar-refractivity contribution is 0.552. The van der Waals surface area contributed by atoms with Crippen LogP contribution < -0.4 is 10.2 Å². The predicted molar refractivity (Wildman–Crippen MR) is 93.5 cm³/mol. The Balaban J connectivity index is 2.70. The van der Waals surface area contributed by atoms with Gasteiger partial charge in [-0.3, -0.25) is 0 Å². The summed E-state index contributed by atoms with van der Waals surface area (Å²) >= 11 is 3.72. The van der Waals surface area contributed by atoms with E-state index in [0.717, 1.165) is 26.2 Å². The molecule has 1 rings (SSSR count). The highest BCUT2D eigenvalue weighted by molar-refractivity contribution is 9.10. The lowest BCUT2D eigenvalue weighted by Gasteiger charge is -2.24. The second-order valence-corrected chi connectivity index (χ2v) is 6.64. The molecule has 0 saturated heterocycles. The maximum absolute atomic E-state index is 3.72. The molecule has 1 aromatic rings. The van der Waals surface area contributed by atoms with E-state index in [4.69, 9.17) is 0 Å². The quantitative estimate of drug-likeness (QED) is 0.693. The minimum atomic E-state index is 0.692. The second kappa shape index (κ2) is 9.41. The molecule has 0 aliphatic carbocycles. The van der Waals surface area contributed by atoms with E-state index in [1.165, 1.54) is 28.6 Å². The molecular formula is C17H29BrN2. The molecular weight excluding hydrogens is 312 g/mol. The third kappa shape index (κ3) is 5.84. The SMILES string of the molecule is CCCN(CCC)c1ccc(CNCC(C)C)c(Br)c1. The Kier molecular flexibility index (Phi) is 8.24. The molecule has 0 aliphatic heterocycles. The number of nitrogens with zero attached hydrogens (tertiary/aromatic N) is 1. The van der Waals surface area contributed by atoms with Crippen molar-refractivity contribution in [2.24, 2.45) is 5.92 Å². The van der Waals surface area contributed by atoms with E-state index in [2.05, 4.69) is 72.0 Å². The fourth-order valence-corrected chi connectivity index (χ4v) is 2.79. The third-order valence-corrected chi connectivity index (χ3v) is 4.00. The van der Waals surface area contributed by atoms with Crippen molar-refractivity contribution in [3.05, 3.63) is 28.2 Å². The van der Waals surface area contributed by atoms with Crippen molar-refractivity contribution in [3.8, 4) is 0 Å². The summed E-state index contributed by atoms with van der Waals surface area (Å²) in [5.74, 6) is 0.692. The molecule has 0 radical (unpaired) electrons. The molecule has 0 amide bonds. The number of halogens is 1. The van der Waals surface area contributed by atoms with E-state index in [1.807, 2.05) is 0 Å². The largest absolute Gasteiger partial charge is 0.372 e. The van der Waals surface area contributed by atoms with Gasteiger partial charge < -0.3 is 10.2 Å². The minimum Gasteiger partial charge on any atom is -0.372 e. The van der Waals surface area contributed by atoms with Crippen LogP contribution in [0.25, 0.3) is 0 Å². The maximum atomic E-state index is 3.72. The van der Waals surface area contributed by atoms with Gasteiger partial charge in [-0.2, -0.15) is 0 Å². The number of hydrogen-bond donors (Lipinski definition) is 1. The van der Waals surface area contributed by atoms with Crippen LogP contribution in [0.3, 0.4) is 0 Å². The molecule has 0 atom stereocenters. The summed E-state index contributed by atoms with van der Waals surface area (Å²) in [6.07, 6.45) is 2.38. The van der Waals surface area contributed by atoms with Crippen molar-refractivity contribution in [3.63, 3.8) is 0 Å². The molecule has 3 heteroatoms. The van der Waals surface area contributed by atoms with Crippen molar-refractivity contribution >= 4 is 21.6 Å². The van der Waals surface area contributed by atoms with Crippen molar-refractivity contribution in [2.45, 2.75) is 47.1 Å². The molecule has 0 fully saturated rings. The fourth-order valence-electron chi connectivity index (χ4n) is 2.28. The molecule has 114 valence electrons. The Labute approximate surface area is 133 Å². The summed E-state index contributed by atoms with van der Waals surface area (Å²) in [5.41, 5.74) is 2.66. The van der Waals surface area contributed by atoms with Gasteiger partial charge in [0.2, 0.25) is 0 Å². The molecule has 0 heterocycles. The maximum Gasteiger partial charge on any atom is 0.0377 e. The molecule has 0 saturated carbocycles. The van der Waals surface area contributed by atoms with Gasteiger partial charge in [-0.25, -0.2) is 0 Å². The van der Waals surface area contributed by atoms with E-state index in [0.29, 0.717) is 5.92 Å². The van der Waals surface area contributed by atoms with Gasteiger partial charge in [-0.1, -0.05) is 49.7 Å². The average molecular weight is 341 g/mol. The molecule has 0 spiro atoms. The summed E-state index contributed by atoms with van der Waals surface area (Å²) in [6, 6.07) is 6.76. The van der Waals surface area contributed by atoms with Crippen molar-refractivity contribution < 1.29 is 0 Å². The Morgan fingerprint density at radius 2 is 1.80 bits per heavy atom. The molecule has 2 nitrogen and oxygen atoms in total. The zero-order chi connectivity index (χ0) is 15.0. The van der Waals surface area contributed by atoms with E-state index >= 15 is 0 Å². The molecule has 0 aromatic heterocycles. The third-order valence-electron chi connectivity index (χ3n) is 3.26. The summed E-state index contributed by atoms with van der Waals surface area (Å²) in [7, 11) is 0. The Hall–Kier alpha value is -0.540. The summed E-state index contributed by atoms with van der Waals surface area (Å²) in [5, 5.41) is 3.50. The predicted octanol–water partition coefficient (Wildman–Crippen LogP) is 4.82. The molecule has 0 unspecified atom stereocenters. The van der Waals surface area contributed by atoms with E-state index in [9.17, 15) is 0 Å². The average Bonchev–Trinajstić information content (AvgIpc) is 2.40. The van der Waals surface area contributed by atoms with Gasteiger partial charge in [0.05, 0.1) is 0 Å². The molecule has 1 aromatic carbocycles. The first-order valence-corrected chi connectivity index (χ1v) is 8.61. The highest BCUT2D eigenvalue weighted by atomic mass is 79.9. The lowest BCUT2D eigenvalue weighted by Crippen LogP contribution is -2.25. The minimum absolute atomic E-state index is 0.692. The van der Waals surface area contributed by atoms with Crippen LogP contribution in [0.5, 0.6) is 0 Å². The van der Waals surface area contributed by atoms with Crippen LogP contribution >= 0.6 is 15.9 Å². The molecule has 0 aliphatic rings. The first kappa shape index (κ1) is 17.5. The van der Waals surface area contributed by atoms with Gasteiger partial charge >= 0.3 is 0 Å². The number of rotatable bonds is 9. The van der Waals surface area contributed by atoms with Crippen LogP contribution in [0.15, 0.2) is 22.7 Å². The Morgan fingerprint density at radius 3 is 2.30 bits per heavy atom. The summed E-state index contributed by atoms with van der Waals surface area (Å²) < 4.78 is 1.21. The van der Waals surface area contributed by atoms with Gasteiger partial charge in [0.15, 0.2) is 0 Å². The van der Waals surface area contributed by atoms with Crippen LogP contribution in [0.4, 0.5) is 5.69 Å². The van der Waals surface area contributed by atoms with E-state index in [1.54, 1.807) is 0 Å². The van der Waals surface area contributed by atoms with Gasteiger partial charge in [-0.05, 0) is 43.0 Å². The van der Waals surface area contributed by atoms with Crippen molar-refractivity contribution in [1.29, 1.82) is 0 Å². The first-order valence-electron chi connectivity index (χ1n) is 7.82. The standard InChI is InChI=1S/C17H29BrN2/c1-5-9-20(10-6-2)16-8-7-15(17(18)11-16)13-19-12-14(3)4/h7-8,11,14,19H,5-6,9-10,12-13H2,1-4H3. The zero-order valence-electron chi connectivity index (χ0n) is 13.4. The fraction of sp³-hybridized carbons (Fsp3) is 0.647. The van der Waals surface area contributed by atoms with E-state index < -0.39 is 0 Å². The van der Waals surface area contributed by atoms with Gasteiger partial charge in [0.25, 0.3) is 0 Å². The zero-order valence-corrected chi connectivity index (χ0v) is 15.0. The molecule has 0 bridgehead atoms. The summed E-state index contributed by atoms with van der Waals surface area (Å²) in [6.45, 7) is 13.2. The molecule has 1 N–H and O–H groups in total. The van der Waals surface area contributed by atoms with Crippen molar-refractivity contribution in [1.82, 2.24) is 5.32 Å². The highest BCUT2D eigenvalue weighted by Crippen LogP contribution is 2.24. The van der Waals surface area contributed by atoms with Crippen molar-refractivity contribution in [2.75, 3.05) is 24.5 Å². The Bertz CT molecular complexity index is 385. The monoisotopic (exact) mass is 340 g/mol. The van der Waals surface area contributed by atoms with Crippen LogP contribution in [-0.4, -0.2) is 19.6 Å². The number of nitrogens with one attached hydrogen (secondary N) is 1. The van der Waals surface area contributed by atoms with Crippen LogP contribution in [0.2, 0.25) is 0 Å². The first-order chi connectivity index (χ1) is 9.58. The second-order valence-electron chi connectivity index (χ2n) is 5.79. The van der Waals surface area contributed by atoms with Crippen LogP contribution in [0.1, 0.15) is 46.1 Å². The lowest BCUT2D eigenvalue weighted by atomic mass is 10.1. The topological polar surface area (TPSA) is 15.3 Å². The number of anilines is 1. The normalized spacial score (nSPS) is 11.1. The Morgan fingerprint density at radius 1 is 1.15 bits per heavy atom. The summed E-state index contributed by atoms with van der Waals surface area (Å²) in [4.78, 5) is 2.47. The smallest absolute Gasteiger partial charge is 0.0377 e. The van der Waals surface area contributed by atoms with Gasteiger partial charge in [0.1, 0.15) is 0 Å². The highest BCUT2D eigenvalue weighted by Gasteiger charge is 2.07. The van der Waals surface area contributed by atoms with Crippen LogP contribution in [0, 0.1) is 5.92 Å².